The number of hydrogen-bond donors (Lipinski definition) is 0. The molecule has 0 aromatic heterocycles. The van der Waals surface area contributed by atoms with Crippen LogP contribution in [0.25, 0.3) is 33.9 Å². The van der Waals surface area contributed by atoms with E-state index in [1.54, 1.807) is 0 Å². The van der Waals surface area contributed by atoms with Crippen molar-refractivity contribution in [3.8, 4) is 22.3 Å². The summed E-state index contributed by atoms with van der Waals surface area (Å²) in [5.74, 6) is 0. The lowest BCUT2D eigenvalue weighted by molar-refractivity contribution is 0.929. The summed E-state index contributed by atoms with van der Waals surface area (Å²) in [5.41, 5.74) is 15.2. The summed E-state index contributed by atoms with van der Waals surface area (Å²) in [7, 11) is 2.10. The summed E-state index contributed by atoms with van der Waals surface area (Å²) in [6.45, 7) is 17.3. The van der Waals surface area contributed by atoms with Gasteiger partial charge < -0.3 is 9.80 Å². The summed E-state index contributed by atoms with van der Waals surface area (Å²) < 4.78 is 0. The van der Waals surface area contributed by atoms with Crippen LogP contribution in [0.1, 0.15) is 45.2 Å². The second kappa shape index (κ2) is 29.4. The van der Waals surface area contributed by atoms with E-state index in [1.165, 1.54) is 50.6 Å². The molecule has 0 N–H and O–H groups in total. The van der Waals surface area contributed by atoms with Crippen molar-refractivity contribution < 1.29 is 0 Å². The van der Waals surface area contributed by atoms with Gasteiger partial charge in [-0.15, -0.1) is 0 Å². The third kappa shape index (κ3) is 17.5. The molecule has 7 aromatic rings. The quantitative estimate of drug-likeness (QED) is 0.0840. The smallest absolute Gasteiger partial charge is 0.0417 e. The van der Waals surface area contributed by atoms with Crippen LogP contribution in [-0.2, 0) is 0 Å². The minimum atomic E-state index is 0.790. The minimum absolute atomic E-state index is 0.790. The first-order valence-electron chi connectivity index (χ1n) is 23.8. The van der Waals surface area contributed by atoms with Crippen LogP contribution in [0.2, 0.25) is 0 Å². The third-order valence-electron chi connectivity index (χ3n) is 11.3. The van der Waals surface area contributed by atoms with Crippen LogP contribution in [0.3, 0.4) is 0 Å². The molecule has 0 spiro atoms. The lowest BCUT2D eigenvalue weighted by atomic mass is 10.0. The van der Waals surface area contributed by atoms with Gasteiger partial charge in [-0.1, -0.05) is 256 Å². The molecular formula is C67H68N2. The highest BCUT2D eigenvalue weighted by Gasteiger charge is 2.11. The van der Waals surface area contributed by atoms with Gasteiger partial charge in [-0.3, -0.25) is 0 Å². The highest BCUT2D eigenvalue weighted by molar-refractivity contribution is 5.74. The van der Waals surface area contributed by atoms with Gasteiger partial charge in [0.25, 0.3) is 0 Å². The lowest BCUT2D eigenvalue weighted by Crippen LogP contribution is -2.22. The van der Waals surface area contributed by atoms with E-state index < -0.39 is 0 Å². The zero-order valence-electron chi connectivity index (χ0n) is 41.2. The maximum atomic E-state index is 4.24. The average molecular weight is 901 g/mol. The maximum Gasteiger partial charge on any atom is 0.0417 e. The van der Waals surface area contributed by atoms with Gasteiger partial charge in [-0.25, -0.2) is 0 Å². The predicted molar refractivity (Wildman–Crippen MR) is 306 cm³/mol. The van der Waals surface area contributed by atoms with Crippen molar-refractivity contribution in [2.24, 2.45) is 0 Å². The van der Waals surface area contributed by atoms with Crippen LogP contribution in [0, 0.1) is 0 Å². The van der Waals surface area contributed by atoms with Gasteiger partial charge in [0.1, 0.15) is 0 Å². The Morgan fingerprint density at radius 1 is 0.522 bits per heavy atom. The summed E-state index contributed by atoms with van der Waals surface area (Å²) in [5, 5.41) is 0. The second-order valence-electron chi connectivity index (χ2n) is 16.2. The minimum Gasteiger partial charge on any atom is -0.345 e. The molecule has 0 unspecified atom stereocenters. The number of rotatable bonds is 17. The van der Waals surface area contributed by atoms with E-state index in [0.717, 1.165) is 35.2 Å². The van der Waals surface area contributed by atoms with Gasteiger partial charge in [0.05, 0.1) is 0 Å². The molecule has 0 radical (unpaired) electrons. The first-order chi connectivity index (χ1) is 33.8. The molecule has 0 saturated carbocycles. The van der Waals surface area contributed by atoms with Gasteiger partial charge >= 0.3 is 0 Å². The monoisotopic (exact) mass is 901 g/mol. The molecule has 0 bridgehead atoms. The van der Waals surface area contributed by atoms with Crippen LogP contribution in [0.4, 0.5) is 17.1 Å². The second-order valence-corrected chi connectivity index (χ2v) is 16.2. The lowest BCUT2D eigenvalue weighted by Gasteiger charge is -2.26. The van der Waals surface area contributed by atoms with Gasteiger partial charge in [-0.05, 0) is 114 Å². The number of para-hydroxylation sites is 1. The molecule has 0 saturated heterocycles. The van der Waals surface area contributed by atoms with E-state index in [-0.39, 0.29) is 0 Å². The van der Waals surface area contributed by atoms with E-state index >= 15 is 0 Å². The van der Waals surface area contributed by atoms with E-state index in [1.807, 2.05) is 61.5 Å². The third-order valence-corrected chi connectivity index (χ3v) is 11.3. The average Bonchev–Trinajstić information content (AvgIpc) is 3.43. The molecule has 0 heterocycles. The van der Waals surface area contributed by atoms with Gasteiger partial charge in [-0.2, -0.15) is 0 Å². The molecule has 0 fully saturated rings. The first-order valence-corrected chi connectivity index (χ1v) is 23.8. The molecule has 0 amide bonds. The Kier molecular flexibility index (Phi) is 22.1. The van der Waals surface area contributed by atoms with E-state index in [0.29, 0.717) is 0 Å². The number of nitrogens with zero attached hydrogens (tertiary/aromatic N) is 2. The zero-order valence-corrected chi connectivity index (χ0v) is 41.2. The Morgan fingerprint density at radius 2 is 1.01 bits per heavy atom. The molecule has 7 aromatic carbocycles. The number of anilines is 3. The summed E-state index contributed by atoms with van der Waals surface area (Å²) in [6.07, 6.45) is 26.3. The molecular weight excluding hydrogens is 833 g/mol. The molecule has 346 valence electrons. The Balaban J connectivity index is 0.000000277. The van der Waals surface area contributed by atoms with Gasteiger partial charge in [0, 0.05) is 36.4 Å². The van der Waals surface area contributed by atoms with Crippen molar-refractivity contribution in [3.05, 3.63) is 308 Å². The van der Waals surface area contributed by atoms with Gasteiger partial charge in [0.2, 0.25) is 0 Å². The Morgan fingerprint density at radius 3 is 1.55 bits per heavy atom. The SMILES string of the molecule is C=Cc1ccc(C(=C)\C=C/C(=C\C)/C=C/C(C)=C/C=C(\CC)N(C/C=C\C=C/C)c2cccc(-c3ccccc3)c2)cc1.CN(c1ccccc1)c1cccc(-c2ccccc2)c1.c1ccccc1. The fraction of sp³-hybridized carbons (Fsp3) is 0.104. The van der Waals surface area contributed by atoms with Crippen LogP contribution >= 0.6 is 0 Å². The van der Waals surface area contributed by atoms with Crippen LogP contribution in [0.5, 0.6) is 0 Å². The van der Waals surface area contributed by atoms with Crippen molar-refractivity contribution in [1.29, 1.82) is 0 Å². The molecule has 2 nitrogen and oxygen atoms in total. The zero-order chi connectivity index (χ0) is 48.9. The Hall–Kier alpha value is -8.20. The summed E-state index contributed by atoms with van der Waals surface area (Å²) >= 11 is 0. The molecule has 7 rings (SSSR count). The first kappa shape index (κ1) is 51.8. The van der Waals surface area contributed by atoms with Crippen molar-refractivity contribution >= 4 is 28.7 Å². The van der Waals surface area contributed by atoms with Crippen LogP contribution in [0.15, 0.2) is 297 Å². The van der Waals surface area contributed by atoms with Crippen molar-refractivity contribution in [1.82, 2.24) is 0 Å². The molecule has 0 aliphatic rings. The molecule has 0 atom stereocenters. The standard InChI is InChI=1S/C42H45N.C19H17N.C6H6/c1-7-11-12-16-32-43(42-21-17-20-40(33-42)39-18-14-13-15-19-39)41(10-4)31-23-34(5)22-25-36(8-2)26-24-35(6)38-29-27-37(9-3)28-30-38;1-20(18-12-6-3-7-13-18)19-14-8-11-17(15-19)16-9-4-2-5-10-16;1-2-4-6-5-3-1/h7-9,11-31,33H,3,6,10,32H2,1-2,4-5H3;2-15H,1H3;1-6H/b11-7-,16-12-,25-22+,26-24-,34-23+,36-8-,41-31+;;. The Bertz CT molecular complexity index is 2790. The number of benzene rings is 7. The van der Waals surface area contributed by atoms with E-state index in [2.05, 4.69) is 269 Å². The van der Waals surface area contributed by atoms with Crippen LogP contribution in [-0.4, -0.2) is 13.6 Å². The molecule has 2 heteroatoms. The maximum absolute atomic E-state index is 4.24. The van der Waals surface area contributed by atoms with Crippen molar-refractivity contribution in [2.45, 2.75) is 34.1 Å². The largest absolute Gasteiger partial charge is 0.345 e. The molecule has 0 aliphatic heterocycles. The highest BCUT2D eigenvalue weighted by atomic mass is 15.1. The van der Waals surface area contributed by atoms with Crippen molar-refractivity contribution in [2.75, 3.05) is 23.4 Å². The van der Waals surface area contributed by atoms with Gasteiger partial charge in [0.15, 0.2) is 0 Å². The summed E-state index contributed by atoms with van der Waals surface area (Å²) in [4.78, 5) is 4.60. The van der Waals surface area contributed by atoms with E-state index in [9.17, 15) is 0 Å². The molecule has 69 heavy (non-hydrogen) atoms. The fourth-order valence-corrected chi connectivity index (χ4v) is 7.22. The van der Waals surface area contributed by atoms with E-state index in [4.69, 9.17) is 0 Å². The summed E-state index contributed by atoms with van der Waals surface area (Å²) in [6, 6.07) is 69.1. The molecule has 0 aliphatic carbocycles. The topological polar surface area (TPSA) is 6.48 Å². The van der Waals surface area contributed by atoms with Crippen LogP contribution < -0.4 is 9.80 Å². The predicted octanol–water partition coefficient (Wildman–Crippen LogP) is 18.8. The highest BCUT2D eigenvalue weighted by Crippen LogP contribution is 2.30. The fourth-order valence-electron chi connectivity index (χ4n) is 7.22. The Labute approximate surface area is 414 Å². The normalized spacial score (nSPS) is 11.8. The number of hydrogen-bond acceptors (Lipinski definition) is 2. The van der Waals surface area contributed by atoms with Crippen molar-refractivity contribution in [3.63, 3.8) is 0 Å². The number of allylic oxidation sites excluding steroid dienone is 14.